The number of piperidine rings is 2. The van der Waals surface area contributed by atoms with E-state index in [-0.39, 0.29) is 5.91 Å². The van der Waals surface area contributed by atoms with Crippen LogP contribution < -0.4 is 10.6 Å². The quantitative estimate of drug-likeness (QED) is 0.771. The first-order chi connectivity index (χ1) is 14.4. The SMILES string of the molecule is Cc1ccccc1N1CCC(O)(CN2CC[C@@H]3[C@@H](CCCCN3CC(N)=O)C2)CC1. The second kappa shape index (κ2) is 9.25. The maximum atomic E-state index is 11.5. The Morgan fingerprint density at radius 1 is 1.13 bits per heavy atom. The lowest BCUT2D eigenvalue weighted by molar-refractivity contribution is -0.120. The van der Waals surface area contributed by atoms with Crippen LogP contribution in [0.1, 0.15) is 44.1 Å². The van der Waals surface area contributed by atoms with Gasteiger partial charge in [0.1, 0.15) is 0 Å². The molecule has 3 N–H and O–H groups in total. The van der Waals surface area contributed by atoms with Gasteiger partial charge in [0.05, 0.1) is 12.1 Å². The van der Waals surface area contributed by atoms with Crippen molar-refractivity contribution in [2.24, 2.45) is 11.7 Å². The van der Waals surface area contributed by atoms with Crippen LogP contribution in [0.5, 0.6) is 0 Å². The number of primary amides is 1. The number of nitrogens with two attached hydrogens (primary N) is 1. The molecule has 0 radical (unpaired) electrons. The summed E-state index contributed by atoms with van der Waals surface area (Å²) in [7, 11) is 0. The molecule has 3 fully saturated rings. The molecule has 0 saturated carbocycles. The lowest BCUT2D eigenvalue weighted by Crippen LogP contribution is -2.56. The summed E-state index contributed by atoms with van der Waals surface area (Å²) < 4.78 is 0. The number of benzene rings is 1. The van der Waals surface area contributed by atoms with E-state index in [4.69, 9.17) is 5.73 Å². The predicted molar refractivity (Wildman–Crippen MR) is 121 cm³/mol. The Kier molecular flexibility index (Phi) is 6.66. The number of hydrogen-bond acceptors (Lipinski definition) is 5. The van der Waals surface area contributed by atoms with Crippen LogP contribution in [0.15, 0.2) is 24.3 Å². The van der Waals surface area contributed by atoms with Gasteiger partial charge in [-0.2, -0.15) is 0 Å². The molecule has 30 heavy (non-hydrogen) atoms. The zero-order valence-electron chi connectivity index (χ0n) is 18.4. The summed E-state index contributed by atoms with van der Waals surface area (Å²) in [6, 6.07) is 9.00. The van der Waals surface area contributed by atoms with E-state index in [1.54, 1.807) is 0 Å². The van der Waals surface area contributed by atoms with E-state index in [2.05, 4.69) is 45.9 Å². The number of fused-ring (bicyclic) bond motifs is 1. The third-order valence-electron chi connectivity index (χ3n) is 7.54. The van der Waals surface area contributed by atoms with E-state index in [1.165, 1.54) is 24.1 Å². The summed E-state index contributed by atoms with van der Waals surface area (Å²) >= 11 is 0. The lowest BCUT2D eigenvalue weighted by atomic mass is 9.85. The Labute approximate surface area is 181 Å². The van der Waals surface area contributed by atoms with Crippen molar-refractivity contribution < 1.29 is 9.90 Å². The van der Waals surface area contributed by atoms with Gasteiger partial charge in [0, 0.05) is 37.9 Å². The van der Waals surface area contributed by atoms with E-state index < -0.39 is 5.60 Å². The number of hydrogen-bond donors (Lipinski definition) is 2. The Balaban J connectivity index is 1.33. The molecule has 0 aromatic heterocycles. The van der Waals surface area contributed by atoms with Crippen LogP contribution in [0.3, 0.4) is 0 Å². The highest BCUT2D eigenvalue weighted by Gasteiger charge is 2.39. The number of aliphatic hydroxyl groups is 1. The highest BCUT2D eigenvalue weighted by atomic mass is 16.3. The van der Waals surface area contributed by atoms with E-state index >= 15 is 0 Å². The van der Waals surface area contributed by atoms with Gasteiger partial charge in [-0.3, -0.25) is 9.69 Å². The Bertz CT molecular complexity index is 732. The molecule has 3 saturated heterocycles. The van der Waals surface area contributed by atoms with Gasteiger partial charge in [-0.15, -0.1) is 0 Å². The molecule has 1 amide bonds. The number of rotatable bonds is 5. The number of nitrogens with zero attached hydrogens (tertiary/aromatic N) is 3. The minimum absolute atomic E-state index is 0.215. The molecule has 0 aliphatic carbocycles. The largest absolute Gasteiger partial charge is 0.388 e. The van der Waals surface area contributed by atoms with Crippen molar-refractivity contribution in [2.45, 2.75) is 57.1 Å². The molecule has 0 bridgehead atoms. The standard InChI is InChI=1S/C24H38N4O2/c1-19-6-2-3-8-21(19)27-14-10-24(30,11-15-27)18-26-13-9-22-20(16-26)7-4-5-12-28(22)17-23(25)29/h2-3,6,8,20,22,30H,4-5,7,9-18H2,1H3,(H2,25,29)/t20-,22+/m0/s1. The van der Waals surface area contributed by atoms with Crippen molar-refractivity contribution in [3.8, 4) is 0 Å². The Hall–Kier alpha value is -1.63. The van der Waals surface area contributed by atoms with Crippen LogP contribution in [-0.4, -0.2) is 78.3 Å². The van der Waals surface area contributed by atoms with Gasteiger partial charge in [-0.1, -0.05) is 24.6 Å². The topological polar surface area (TPSA) is 73.0 Å². The molecule has 166 valence electrons. The molecule has 6 nitrogen and oxygen atoms in total. The molecule has 2 atom stereocenters. The number of likely N-dealkylation sites (tertiary alicyclic amines) is 2. The molecular formula is C24H38N4O2. The highest BCUT2D eigenvalue weighted by Crippen LogP contribution is 2.33. The van der Waals surface area contributed by atoms with Gasteiger partial charge in [-0.05, 0) is 69.7 Å². The molecule has 1 aromatic rings. The number of β-amino-alcohol motifs (C(OH)–C–C–N with tert-alkyl or cyclic N) is 1. The van der Waals surface area contributed by atoms with Gasteiger partial charge in [0.15, 0.2) is 0 Å². The van der Waals surface area contributed by atoms with Gasteiger partial charge in [-0.25, -0.2) is 0 Å². The number of carbonyl (C=O) groups is 1. The third kappa shape index (κ3) is 4.98. The fraction of sp³-hybridized carbons (Fsp3) is 0.708. The predicted octanol–water partition coefficient (Wildman–Crippen LogP) is 1.99. The number of aryl methyl sites for hydroxylation is 1. The van der Waals surface area contributed by atoms with Crippen molar-refractivity contribution in [3.05, 3.63) is 29.8 Å². The number of anilines is 1. The van der Waals surface area contributed by atoms with Crippen molar-refractivity contribution in [3.63, 3.8) is 0 Å². The van der Waals surface area contributed by atoms with Crippen molar-refractivity contribution in [2.75, 3.05) is 50.7 Å². The molecule has 6 heteroatoms. The summed E-state index contributed by atoms with van der Waals surface area (Å²) in [5, 5.41) is 11.3. The minimum atomic E-state index is -0.594. The molecule has 1 aromatic carbocycles. The Morgan fingerprint density at radius 2 is 1.90 bits per heavy atom. The smallest absolute Gasteiger partial charge is 0.231 e. The third-order valence-corrected chi connectivity index (χ3v) is 7.54. The zero-order valence-corrected chi connectivity index (χ0v) is 18.4. The minimum Gasteiger partial charge on any atom is -0.388 e. The van der Waals surface area contributed by atoms with Crippen molar-refractivity contribution >= 4 is 11.6 Å². The van der Waals surface area contributed by atoms with E-state index in [0.29, 0.717) is 18.5 Å². The number of carbonyl (C=O) groups excluding carboxylic acids is 1. The van der Waals surface area contributed by atoms with Crippen molar-refractivity contribution in [1.82, 2.24) is 9.80 Å². The fourth-order valence-corrected chi connectivity index (χ4v) is 5.94. The van der Waals surface area contributed by atoms with Gasteiger partial charge < -0.3 is 20.6 Å². The zero-order chi connectivity index (χ0) is 21.1. The number of amides is 1. The molecule has 3 heterocycles. The summed E-state index contributed by atoms with van der Waals surface area (Å²) in [5.74, 6) is 0.365. The second-order valence-electron chi connectivity index (χ2n) is 9.78. The second-order valence-corrected chi connectivity index (χ2v) is 9.78. The molecule has 0 unspecified atom stereocenters. The average Bonchev–Trinajstić information content (AvgIpc) is 2.90. The van der Waals surface area contributed by atoms with E-state index in [1.807, 2.05) is 0 Å². The molecule has 0 spiro atoms. The Morgan fingerprint density at radius 3 is 2.63 bits per heavy atom. The maximum Gasteiger partial charge on any atom is 0.231 e. The fourth-order valence-electron chi connectivity index (χ4n) is 5.94. The molecular weight excluding hydrogens is 376 g/mol. The monoisotopic (exact) mass is 414 g/mol. The molecule has 3 aliphatic heterocycles. The van der Waals surface area contributed by atoms with E-state index in [0.717, 1.165) is 65.0 Å². The summed E-state index contributed by atoms with van der Waals surface area (Å²) in [5.41, 5.74) is 7.51. The first-order valence-electron chi connectivity index (χ1n) is 11.7. The van der Waals surface area contributed by atoms with Gasteiger partial charge in [0.25, 0.3) is 0 Å². The summed E-state index contributed by atoms with van der Waals surface area (Å²) in [6.45, 7) is 8.16. The van der Waals surface area contributed by atoms with Crippen LogP contribution in [0.2, 0.25) is 0 Å². The highest BCUT2D eigenvalue weighted by molar-refractivity contribution is 5.76. The number of para-hydroxylation sites is 1. The van der Waals surface area contributed by atoms with Crippen LogP contribution in [0, 0.1) is 12.8 Å². The normalized spacial score (nSPS) is 28.0. The lowest BCUT2D eigenvalue weighted by Gasteiger charge is -2.46. The average molecular weight is 415 g/mol. The van der Waals surface area contributed by atoms with Crippen LogP contribution >= 0.6 is 0 Å². The van der Waals surface area contributed by atoms with Crippen LogP contribution in [0.25, 0.3) is 0 Å². The van der Waals surface area contributed by atoms with Gasteiger partial charge >= 0.3 is 0 Å². The van der Waals surface area contributed by atoms with Crippen LogP contribution in [-0.2, 0) is 4.79 Å². The molecule has 3 aliphatic rings. The first kappa shape index (κ1) is 21.6. The van der Waals surface area contributed by atoms with Crippen LogP contribution in [0.4, 0.5) is 5.69 Å². The van der Waals surface area contributed by atoms with E-state index in [9.17, 15) is 9.90 Å². The molecule has 4 rings (SSSR count). The van der Waals surface area contributed by atoms with Gasteiger partial charge in [0.2, 0.25) is 5.91 Å². The summed E-state index contributed by atoms with van der Waals surface area (Å²) in [6.07, 6.45) is 6.30. The summed E-state index contributed by atoms with van der Waals surface area (Å²) in [4.78, 5) is 18.7. The first-order valence-corrected chi connectivity index (χ1v) is 11.7. The van der Waals surface area contributed by atoms with Crippen molar-refractivity contribution in [1.29, 1.82) is 0 Å². The maximum absolute atomic E-state index is 11.5.